The van der Waals surface area contributed by atoms with E-state index in [0.29, 0.717) is 29.6 Å². The van der Waals surface area contributed by atoms with Gasteiger partial charge in [-0.3, -0.25) is 19.2 Å². The average molecular weight is 531 g/mol. The fourth-order valence-electron chi connectivity index (χ4n) is 3.67. The molecular formula is C26H31ClN4O6. The highest BCUT2D eigenvalue weighted by Crippen LogP contribution is 2.19. The highest BCUT2D eigenvalue weighted by molar-refractivity contribution is 6.30. The lowest BCUT2D eigenvalue weighted by atomic mass is 10.1. The molecule has 0 saturated carbocycles. The van der Waals surface area contributed by atoms with Gasteiger partial charge in [0.15, 0.2) is 0 Å². The summed E-state index contributed by atoms with van der Waals surface area (Å²) >= 11 is 5.86. The molecule has 2 N–H and O–H groups in total. The molecule has 1 atom stereocenters. The van der Waals surface area contributed by atoms with Gasteiger partial charge in [-0.25, -0.2) is 0 Å². The van der Waals surface area contributed by atoms with E-state index in [1.807, 2.05) is 6.92 Å². The van der Waals surface area contributed by atoms with Gasteiger partial charge in [0, 0.05) is 18.6 Å². The largest absolute Gasteiger partial charge is 0.492 e. The molecule has 0 radical (unpaired) electrons. The minimum absolute atomic E-state index is 0.140. The molecule has 198 valence electrons. The van der Waals surface area contributed by atoms with Gasteiger partial charge < -0.3 is 29.9 Å². The van der Waals surface area contributed by atoms with Gasteiger partial charge in [0.25, 0.3) is 5.91 Å². The summed E-state index contributed by atoms with van der Waals surface area (Å²) in [7, 11) is 1.49. The lowest BCUT2D eigenvalue weighted by Gasteiger charge is -2.27. The molecule has 0 fully saturated rings. The number of rotatable bonds is 6. The molecule has 2 aromatic carbocycles. The third-order valence-electron chi connectivity index (χ3n) is 5.77. The van der Waals surface area contributed by atoms with Crippen molar-refractivity contribution in [2.75, 3.05) is 46.4 Å². The minimum Gasteiger partial charge on any atom is -0.492 e. The Morgan fingerprint density at radius 3 is 2.59 bits per heavy atom. The van der Waals surface area contributed by atoms with Gasteiger partial charge in [0.1, 0.15) is 30.8 Å². The van der Waals surface area contributed by atoms with E-state index in [0.717, 1.165) is 0 Å². The topological polar surface area (TPSA) is 117 Å². The number of hydrogen-bond acceptors (Lipinski definition) is 6. The summed E-state index contributed by atoms with van der Waals surface area (Å²) in [6, 6.07) is 12.2. The van der Waals surface area contributed by atoms with Crippen LogP contribution in [0.5, 0.6) is 11.5 Å². The number of likely N-dealkylation sites (N-methyl/N-ethyl adjacent to an activating group) is 2. The number of benzene rings is 2. The van der Waals surface area contributed by atoms with Crippen LogP contribution in [0.25, 0.3) is 0 Å². The summed E-state index contributed by atoms with van der Waals surface area (Å²) in [5.41, 5.74) is 0.221. The van der Waals surface area contributed by atoms with Crippen molar-refractivity contribution >= 4 is 35.2 Å². The summed E-state index contributed by atoms with van der Waals surface area (Å²) < 4.78 is 11.4. The number of carbonyl (C=O) groups excluding carboxylic acids is 4. The second kappa shape index (κ2) is 13.5. The van der Waals surface area contributed by atoms with E-state index in [-0.39, 0.29) is 44.2 Å². The normalized spacial score (nSPS) is 17.3. The number of para-hydroxylation sites is 1. The van der Waals surface area contributed by atoms with Crippen molar-refractivity contribution in [3.63, 3.8) is 0 Å². The van der Waals surface area contributed by atoms with Crippen molar-refractivity contribution in [2.45, 2.75) is 19.4 Å². The van der Waals surface area contributed by atoms with Gasteiger partial charge in [-0.05, 0) is 43.3 Å². The molecular weight excluding hydrogens is 500 g/mol. The Bertz CT molecular complexity index is 1110. The van der Waals surface area contributed by atoms with Crippen LogP contribution in [0, 0.1) is 0 Å². The van der Waals surface area contributed by atoms with Crippen LogP contribution in [-0.2, 0) is 14.4 Å². The highest BCUT2D eigenvalue weighted by atomic mass is 35.5. The third-order valence-corrected chi connectivity index (χ3v) is 6.02. The standard InChI is InChI=1S/C26H31ClN4O6/c1-3-31-13-15-37-22-7-5-4-6-20(22)25(34)29-21(16-23(32)30(2)17-24(31)33)26(35)28-12-14-36-19-10-8-18(27)9-11-19/h4-11,21H,3,12-17H2,1-2H3,(H,28,35)(H,29,34)/t21-/m0/s1. The summed E-state index contributed by atoms with van der Waals surface area (Å²) in [4.78, 5) is 54.5. The number of ether oxygens (including phenoxy) is 2. The first kappa shape index (κ1) is 27.8. The molecule has 1 heterocycles. The van der Waals surface area contributed by atoms with Gasteiger partial charge in [-0.1, -0.05) is 23.7 Å². The van der Waals surface area contributed by atoms with Crippen LogP contribution in [-0.4, -0.2) is 85.9 Å². The van der Waals surface area contributed by atoms with Crippen molar-refractivity contribution in [3.8, 4) is 11.5 Å². The second-order valence-electron chi connectivity index (χ2n) is 8.39. The summed E-state index contributed by atoms with van der Waals surface area (Å²) in [5, 5.41) is 5.92. The van der Waals surface area contributed by atoms with Crippen LogP contribution in [0.3, 0.4) is 0 Å². The smallest absolute Gasteiger partial charge is 0.255 e. The van der Waals surface area contributed by atoms with E-state index >= 15 is 0 Å². The molecule has 0 bridgehead atoms. The van der Waals surface area contributed by atoms with E-state index < -0.39 is 23.8 Å². The Balaban J connectivity index is 1.73. The Morgan fingerprint density at radius 1 is 1.14 bits per heavy atom. The number of amides is 4. The molecule has 0 aromatic heterocycles. The Labute approximate surface area is 220 Å². The van der Waals surface area contributed by atoms with Crippen molar-refractivity contribution < 1.29 is 28.7 Å². The molecule has 4 amide bonds. The number of nitrogens with zero attached hydrogens (tertiary/aromatic N) is 2. The molecule has 10 nitrogen and oxygen atoms in total. The first-order chi connectivity index (χ1) is 17.8. The fraction of sp³-hybridized carbons (Fsp3) is 0.385. The van der Waals surface area contributed by atoms with E-state index in [1.165, 1.54) is 11.9 Å². The van der Waals surface area contributed by atoms with Gasteiger partial charge in [0.05, 0.1) is 31.6 Å². The molecule has 11 heteroatoms. The van der Waals surface area contributed by atoms with Crippen LogP contribution < -0.4 is 20.1 Å². The minimum atomic E-state index is -1.17. The number of carbonyl (C=O) groups is 4. The average Bonchev–Trinajstić information content (AvgIpc) is 2.89. The first-order valence-electron chi connectivity index (χ1n) is 12.0. The lowest BCUT2D eigenvalue weighted by molar-refractivity contribution is -0.140. The first-order valence-corrected chi connectivity index (χ1v) is 12.4. The van der Waals surface area contributed by atoms with Crippen molar-refractivity contribution in [3.05, 3.63) is 59.1 Å². The Morgan fingerprint density at radius 2 is 1.86 bits per heavy atom. The molecule has 3 rings (SSSR count). The second-order valence-corrected chi connectivity index (χ2v) is 8.83. The molecule has 0 unspecified atom stereocenters. The van der Waals surface area contributed by atoms with Gasteiger partial charge >= 0.3 is 0 Å². The van der Waals surface area contributed by atoms with Crippen LogP contribution in [0.4, 0.5) is 0 Å². The van der Waals surface area contributed by atoms with Gasteiger partial charge in [-0.15, -0.1) is 0 Å². The molecule has 0 aliphatic carbocycles. The Hall–Kier alpha value is -3.79. The number of halogens is 1. The SMILES string of the molecule is CCN1CCOc2ccccc2C(=O)N[C@H](C(=O)NCCOc2ccc(Cl)cc2)CC(=O)N(C)CC1=O. The van der Waals surface area contributed by atoms with Crippen LogP contribution >= 0.6 is 11.6 Å². The van der Waals surface area contributed by atoms with Gasteiger partial charge in [0.2, 0.25) is 17.7 Å². The molecule has 37 heavy (non-hydrogen) atoms. The number of hydrogen-bond donors (Lipinski definition) is 2. The monoisotopic (exact) mass is 530 g/mol. The van der Waals surface area contributed by atoms with E-state index in [2.05, 4.69) is 10.6 Å². The van der Waals surface area contributed by atoms with E-state index in [9.17, 15) is 19.2 Å². The number of fused-ring (bicyclic) bond motifs is 1. The maximum Gasteiger partial charge on any atom is 0.255 e. The molecule has 0 spiro atoms. The van der Waals surface area contributed by atoms with E-state index in [4.69, 9.17) is 21.1 Å². The molecule has 1 aliphatic heterocycles. The predicted molar refractivity (Wildman–Crippen MR) is 138 cm³/mol. The van der Waals surface area contributed by atoms with Crippen LogP contribution in [0.2, 0.25) is 5.02 Å². The maximum atomic E-state index is 13.1. The number of nitrogens with one attached hydrogen (secondary N) is 2. The molecule has 2 aromatic rings. The molecule has 0 saturated heterocycles. The zero-order valence-electron chi connectivity index (χ0n) is 20.9. The fourth-order valence-corrected chi connectivity index (χ4v) is 3.79. The summed E-state index contributed by atoms with van der Waals surface area (Å²) in [6.45, 7) is 2.90. The van der Waals surface area contributed by atoms with Crippen LogP contribution in [0.15, 0.2) is 48.5 Å². The van der Waals surface area contributed by atoms with Gasteiger partial charge in [-0.2, -0.15) is 0 Å². The van der Waals surface area contributed by atoms with Crippen molar-refractivity contribution in [1.82, 2.24) is 20.4 Å². The molecule has 1 aliphatic rings. The maximum absolute atomic E-state index is 13.1. The van der Waals surface area contributed by atoms with Crippen molar-refractivity contribution in [1.29, 1.82) is 0 Å². The lowest BCUT2D eigenvalue weighted by Crippen LogP contribution is -2.51. The van der Waals surface area contributed by atoms with E-state index in [1.54, 1.807) is 53.4 Å². The third kappa shape index (κ3) is 8.11. The van der Waals surface area contributed by atoms with Crippen LogP contribution in [0.1, 0.15) is 23.7 Å². The summed E-state index contributed by atoms with van der Waals surface area (Å²) in [6.07, 6.45) is -0.325. The Kier molecular flexibility index (Phi) is 10.1. The highest BCUT2D eigenvalue weighted by Gasteiger charge is 2.28. The zero-order chi connectivity index (χ0) is 26.8. The zero-order valence-corrected chi connectivity index (χ0v) is 21.6. The predicted octanol–water partition coefficient (Wildman–Crippen LogP) is 1.72. The summed E-state index contributed by atoms with van der Waals surface area (Å²) in [5.74, 6) is -0.893. The quantitative estimate of drug-likeness (QED) is 0.549. The van der Waals surface area contributed by atoms with Crippen molar-refractivity contribution in [2.24, 2.45) is 0 Å².